The Hall–Kier alpha value is -0.590. The van der Waals surface area contributed by atoms with Gasteiger partial charge in [0.25, 0.3) is 0 Å². The van der Waals surface area contributed by atoms with Gasteiger partial charge in [-0.25, -0.2) is 0 Å². The fourth-order valence-electron chi connectivity index (χ4n) is 1.53. The maximum absolute atomic E-state index is 9.42. The van der Waals surface area contributed by atoms with Crippen LogP contribution in [0.25, 0.3) is 0 Å². The van der Waals surface area contributed by atoms with Crippen molar-refractivity contribution in [2.45, 2.75) is 17.9 Å². The molecule has 1 N–H and O–H groups in total. The number of rotatable bonds is 11. The first-order chi connectivity index (χ1) is 9.74. The summed E-state index contributed by atoms with van der Waals surface area (Å²) in [5, 5.41) is 9.42. The third-order valence-electron chi connectivity index (χ3n) is 2.66. The van der Waals surface area contributed by atoms with E-state index < -0.39 is 6.10 Å². The van der Waals surface area contributed by atoms with Gasteiger partial charge in [0, 0.05) is 17.8 Å². The average molecular weight is 300 g/mol. The Bertz CT molecular complexity index is 340. The lowest BCUT2D eigenvalue weighted by Gasteiger charge is -2.07. The molecule has 0 aliphatic heterocycles. The summed E-state index contributed by atoms with van der Waals surface area (Å²) in [5.41, 5.74) is 0.943. The minimum atomic E-state index is -0.407. The number of methoxy groups -OCH3 is 1. The van der Waals surface area contributed by atoms with E-state index in [1.54, 1.807) is 25.8 Å². The topological polar surface area (TPSA) is 47.9 Å². The van der Waals surface area contributed by atoms with Crippen molar-refractivity contribution in [1.82, 2.24) is 0 Å². The van der Waals surface area contributed by atoms with Gasteiger partial charge in [-0.15, -0.1) is 11.8 Å². The van der Waals surface area contributed by atoms with Gasteiger partial charge in [-0.2, -0.15) is 0 Å². The van der Waals surface area contributed by atoms with E-state index in [1.165, 1.54) is 4.90 Å². The molecular weight excluding hydrogens is 276 g/mol. The SMILES string of the molecule is COCCOCCOCCSc1ccc(C(C)O)cc1. The molecule has 0 saturated heterocycles. The molecule has 5 heteroatoms. The number of hydrogen-bond donors (Lipinski definition) is 1. The van der Waals surface area contributed by atoms with Crippen LogP contribution in [0.2, 0.25) is 0 Å². The van der Waals surface area contributed by atoms with Gasteiger partial charge in [0.15, 0.2) is 0 Å². The highest BCUT2D eigenvalue weighted by Crippen LogP contribution is 2.20. The summed E-state index contributed by atoms with van der Waals surface area (Å²) >= 11 is 1.75. The molecule has 0 heterocycles. The van der Waals surface area contributed by atoms with Crippen molar-refractivity contribution in [3.8, 4) is 0 Å². The number of aliphatic hydroxyl groups is 1. The summed E-state index contributed by atoms with van der Waals surface area (Å²) in [7, 11) is 1.66. The predicted octanol–water partition coefficient (Wildman–Crippen LogP) is 2.51. The highest BCUT2D eigenvalue weighted by atomic mass is 32.2. The van der Waals surface area contributed by atoms with Gasteiger partial charge in [-0.05, 0) is 24.6 Å². The van der Waals surface area contributed by atoms with Crippen LogP contribution in [0, 0.1) is 0 Å². The molecule has 20 heavy (non-hydrogen) atoms. The first-order valence-electron chi connectivity index (χ1n) is 6.79. The van der Waals surface area contributed by atoms with Gasteiger partial charge in [0.1, 0.15) is 0 Å². The fourth-order valence-corrected chi connectivity index (χ4v) is 2.29. The fraction of sp³-hybridized carbons (Fsp3) is 0.600. The molecule has 114 valence electrons. The summed E-state index contributed by atoms with van der Waals surface area (Å²) in [6.45, 7) is 4.94. The second-order valence-electron chi connectivity index (χ2n) is 4.31. The lowest BCUT2D eigenvalue weighted by Crippen LogP contribution is -2.09. The lowest BCUT2D eigenvalue weighted by atomic mass is 10.1. The van der Waals surface area contributed by atoms with E-state index in [-0.39, 0.29) is 0 Å². The van der Waals surface area contributed by atoms with Crippen molar-refractivity contribution in [3.63, 3.8) is 0 Å². The summed E-state index contributed by atoms with van der Waals surface area (Å²) < 4.78 is 15.6. The first-order valence-corrected chi connectivity index (χ1v) is 7.78. The average Bonchev–Trinajstić information content (AvgIpc) is 2.46. The van der Waals surface area contributed by atoms with Crippen molar-refractivity contribution in [2.75, 3.05) is 45.9 Å². The minimum absolute atomic E-state index is 0.407. The van der Waals surface area contributed by atoms with E-state index in [9.17, 15) is 5.11 Å². The van der Waals surface area contributed by atoms with Crippen LogP contribution in [0.5, 0.6) is 0 Å². The quantitative estimate of drug-likeness (QED) is 0.502. The van der Waals surface area contributed by atoms with Crippen molar-refractivity contribution in [1.29, 1.82) is 0 Å². The number of aliphatic hydroxyl groups excluding tert-OH is 1. The van der Waals surface area contributed by atoms with E-state index >= 15 is 0 Å². The third kappa shape index (κ3) is 7.87. The van der Waals surface area contributed by atoms with E-state index in [4.69, 9.17) is 14.2 Å². The Morgan fingerprint density at radius 3 is 2.20 bits per heavy atom. The number of ether oxygens (including phenoxy) is 3. The van der Waals surface area contributed by atoms with Crippen LogP contribution in [-0.4, -0.2) is 51.0 Å². The highest BCUT2D eigenvalue weighted by Gasteiger charge is 2.00. The zero-order valence-corrected chi connectivity index (χ0v) is 13.0. The Morgan fingerprint density at radius 1 is 1.00 bits per heavy atom. The van der Waals surface area contributed by atoms with Crippen LogP contribution >= 0.6 is 11.8 Å². The van der Waals surface area contributed by atoms with Crippen LogP contribution in [0.4, 0.5) is 0 Å². The summed E-state index contributed by atoms with van der Waals surface area (Å²) in [5.74, 6) is 0.909. The molecule has 0 bridgehead atoms. The monoisotopic (exact) mass is 300 g/mol. The number of benzene rings is 1. The first kappa shape index (κ1) is 17.5. The molecule has 0 radical (unpaired) electrons. The normalized spacial score (nSPS) is 12.6. The summed E-state index contributed by atoms with van der Waals surface area (Å²) in [6.07, 6.45) is -0.407. The molecule has 0 aliphatic carbocycles. The van der Waals surface area contributed by atoms with Crippen molar-refractivity contribution >= 4 is 11.8 Å². The smallest absolute Gasteiger partial charge is 0.0761 e. The minimum Gasteiger partial charge on any atom is -0.389 e. The standard InChI is InChI=1S/C15H24O4S/c1-13(16)14-3-5-15(6-4-14)20-12-11-19-10-9-18-8-7-17-2/h3-6,13,16H,7-12H2,1-2H3. The molecule has 1 aromatic rings. The maximum Gasteiger partial charge on any atom is 0.0761 e. The number of hydrogen-bond acceptors (Lipinski definition) is 5. The molecule has 1 unspecified atom stereocenters. The molecule has 0 aliphatic rings. The van der Waals surface area contributed by atoms with Gasteiger partial charge in [-0.1, -0.05) is 12.1 Å². The lowest BCUT2D eigenvalue weighted by molar-refractivity contribution is 0.0286. The summed E-state index contributed by atoms with van der Waals surface area (Å²) in [6, 6.07) is 7.97. The van der Waals surface area contributed by atoms with E-state index in [0.717, 1.165) is 11.3 Å². The van der Waals surface area contributed by atoms with Crippen molar-refractivity contribution < 1.29 is 19.3 Å². The van der Waals surface area contributed by atoms with Gasteiger partial charge >= 0.3 is 0 Å². The summed E-state index contributed by atoms with van der Waals surface area (Å²) in [4.78, 5) is 1.19. The maximum atomic E-state index is 9.42. The molecule has 4 nitrogen and oxygen atoms in total. The van der Waals surface area contributed by atoms with Crippen molar-refractivity contribution in [2.24, 2.45) is 0 Å². The van der Waals surface area contributed by atoms with E-state index in [0.29, 0.717) is 33.0 Å². The third-order valence-corrected chi connectivity index (χ3v) is 3.64. The zero-order valence-electron chi connectivity index (χ0n) is 12.2. The van der Waals surface area contributed by atoms with Crippen molar-refractivity contribution in [3.05, 3.63) is 29.8 Å². The second kappa shape index (κ2) is 11.1. The molecule has 1 aromatic carbocycles. The van der Waals surface area contributed by atoms with Gasteiger partial charge in [0.05, 0.1) is 39.1 Å². The highest BCUT2D eigenvalue weighted by molar-refractivity contribution is 7.99. The molecule has 1 rings (SSSR count). The molecule has 0 saturated carbocycles. The molecule has 1 atom stereocenters. The van der Waals surface area contributed by atoms with Gasteiger partial charge in [-0.3, -0.25) is 0 Å². The van der Waals surface area contributed by atoms with Gasteiger partial charge in [0.2, 0.25) is 0 Å². The molecular formula is C15H24O4S. The van der Waals surface area contributed by atoms with Crippen LogP contribution in [0.15, 0.2) is 29.2 Å². The predicted molar refractivity (Wildman–Crippen MR) is 81.3 cm³/mol. The molecule has 0 aromatic heterocycles. The molecule has 0 spiro atoms. The Labute approximate surface area is 125 Å². The van der Waals surface area contributed by atoms with Crippen LogP contribution in [0.1, 0.15) is 18.6 Å². The zero-order chi connectivity index (χ0) is 14.6. The largest absolute Gasteiger partial charge is 0.389 e. The van der Waals surface area contributed by atoms with E-state index in [2.05, 4.69) is 0 Å². The van der Waals surface area contributed by atoms with Crippen LogP contribution in [0.3, 0.4) is 0 Å². The Balaban J connectivity index is 2.01. The second-order valence-corrected chi connectivity index (χ2v) is 5.48. The molecule has 0 fully saturated rings. The Kier molecular flexibility index (Phi) is 9.70. The van der Waals surface area contributed by atoms with Crippen LogP contribution in [-0.2, 0) is 14.2 Å². The van der Waals surface area contributed by atoms with Crippen LogP contribution < -0.4 is 0 Å². The van der Waals surface area contributed by atoms with E-state index in [1.807, 2.05) is 24.3 Å². The Morgan fingerprint density at radius 2 is 1.60 bits per heavy atom. The molecule has 0 amide bonds. The van der Waals surface area contributed by atoms with Gasteiger partial charge < -0.3 is 19.3 Å². The number of thioether (sulfide) groups is 1.